The van der Waals surface area contributed by atoms with Crippen LogP contribution in [-0.2, 0) is 4.74 Å². The van der Waals surface area contributed by atoms with Crippen LogP contribution in [0.1, 0.15) is 37.9 Å². The zero-order valence-electron chi connectivity index (χ0n) is 12.4. The Balaban J connectivity index is 2.37. The summed E-state index contributed by atoms with van der Waals surface area (Å²) in [6.45, 7) is 8.37. The molecule has 0 aliphatic carbocycles. The molecule has 0 aromatic heterocycles. The number of hydrogen-bond donors (Lipinski definition) is 1. The molecule has 0 saturated carbocycles. The van der Waals surface area contributed by atoms with Gasteiger partial charge < -0.3 is 10.1 Å². The molecule has 5 atom stereocenters. The SMILES string of the molecule is CNC(c1cc(C)ccc1F)C1C(C)OC(C)C1C. The van der Waals surface area contributed by atoms with Gasteiger partial charge in [0, 0.05) is 17.5 Å². The molecule has 1 fully saturated rings. The van der Waals surface area contributed by atoms with Crippen LogP contribution in [0, 0.1) is 24.6 Å². The molecule has 0 amide bonds. The van der Waals surface area contributed by atoms with Crippen LogP contribution < -0.4 is 5.32 Å². The Morgan fingerprint density at radius 3 is 2.42 bits per heavy atom. The fraction of sp³-hybridized carbons (Fsp3) is 0.625. The van der Waals surface area contributed by atoms with Crippen LogP contribution in [-0.4, -0.2) is 19.3 Å². The Morgan fingerprint density at radius 1 is 1.21 bits per heavy atom. The van der Waals surface area contributed by atoms with E-state index in [0.29, 0.717) is 5.92 Å². The Bertz CT molecular complexity index is 448. The molecule has 1 aliphatic rings. The van der Waals surface area contributed by atoms with Gasteiger partial charge in [-0.15, -0.1) is 0 Å². The first-order chi connectivity index (χ1) is 8.95. The van der Waals surface area contributed by atoms with E-state index in [1.54, 1.807) is 6.07 Å². The quantitative estimate of drug-likeness (QED) is 0.903. The third kappa shape index (κ3) is 2.67. The average molecular weight is 265 g/mol. The van der Waals surface area contributed by atoms with Gasteiger partial charge in [-0.2, -0.15) is 0 Å². The number of nitrogens with one attached hydrogen (secondary N) is 1. The zero-order valence-corrected chi connectivity index (χ0v) is 12.4. The normalized spacial score (nSPS) is 32.5. The highest BCUT2D eigenvalue weighted by molar-refractivity contribution is 5.28. The first-order valence-corrected chi connectivity index (χ1v) is 7.04. The van der Waals surface area contributed by atoms with Gasteiger partial charge in [0.15, 0.2) is 0 Å². The van der Waals surface area contributed by atoms with Crippen LogP contribution in [0.2, 0.25) is 0 Å². The van der Waals surface area contributed by atoms with Crippen molar-refractivity contribution in [2.75, 3.05) is 7.05 Å². The minimum absolute atomic E-state index is 0.00477. The summed E-state index contributed by atoms with van der Waals surface area (Å²) in [5, 5.41) is 3.29. The minimum atomic E-state index is -0.135. The predicted molar refractivity (Wildman–Crippen MR) is 75.6 cm³/mol. The summed E-state index contributed by atoms with van der Waals surface area (Å²) in [7, 11) is 1.90. The number of halogens is 1. The number of aryl methyl sites for hydroxylation is 1. The van der Waals surface area contributed by atoms with Crippen molar-refractivity contribution in [2.45, 2.75) is 45.9 Å². The second-order valence-corrected chi connectivity index (χ2v) is 5.77. The van der Waals surface area contributed by atoms with Crippen LogP contribution in [0.15, 0.2) is 18.2 Å². The van der Waals surface area contributed by atoms with Gasteiger partial charge in [0.05, 0.1) is 12.2 Å². The Labute approximate surface area is 115 Å². The lowest BCUT2D eigenvalue weighted by Crippen LogP contribution is -2.33. The van der Waals surface area contributed by atoms with Crippen molar-refractivity contribution in [3.63, 3.8) is 0 Å². The topological polar surface area (TPSA) is 21.3 Å². The molecule has 0 radical (unpaired) electrons. The van der Waals surface area contributed by atoms with Gasteiger partial charge in [0.1, 0.15) is 5.82 Å². The summed E-state index contributed by atoms with van der Waals surface area (Å²) in [5.41, 5.74) is 1.84. The number of hydrogen-bond acceptors (Lipinski definition) is 2. The molecule has 1 aliphatic heterocycles. The van der Waals surface area contributed by atoms with E-state index in [1.807, 2.05) is 26.1 Å². The highest BCUT2D eigenvalue weighted by Gasteiger charge is 2.42. The first-order valence-electron chi connectivity index (χ1n) is 7.04. The van der Waals surface area contributed by atoms with Crippen molar-refractivity contribution in [3.8, 4) is 0 Å². The van der Waals surface area contributed by atoms with Gasteiger partial charge in [-0.25, -0.2) is 4.39 Å². The third-order valence-corrected chi connectivity index (χ3v) is 4.50. The smallest absolute Gasteiger partial charge is 0.128 e. The van der Waals surface area contributed by atoms with E-state index in [9.17, 15) is 4.39 Å². The molecule has 2 rings (SSSR count). The van der Waals surface area contributed by atoms with Gasteiger partial charge in [-0.3, -0.25) is 0 Å². The summed E-state index contributed by atoms with van der Waals surface area (Å²) < 4.78 is 20.0. The van der Waals surface area contributed by atoms with Crippen molar-refractivity contribution >= 4 is 0 Å². The Morgan fingerprint density at radius 2 is 1.89 bits per heavy atom. The van der Waals surface area contributed by atoms with Crippen LogP contribution in [0.25, 0.3) is 0 Å². The molecule has 106 valence electrons. The number of rotatable bonds is 3. The van der Waals surface area contributed by atoms with Crippen LogP contribution >= 0.6 is 0 Å². The molecule has 1 N–H and O–H groups in total. The molecular formula is C16H24FNO. The summed E-state index contributed by atoms with van der Waals surface area (Å²) >= 11 is 0. The summed E-state index contributed by atoms with van der Waals surface area (Å²) in [6, 6.07) is 5.31. The van der Waals surface area contributed by atoms with Gasteiger partial charge in [0.2, 0.25) is 0 Å². The molecule has 5 unspecified atom stereocenters. The third-order valence-electron chi connectivity index (χ3n) is 4.50. The van der Waals surface area contributed by atoms with Crippen molar-refractivity contribution in [3.05, 3.63) is 35.1 Å². The van der Waals surface area contributed by atoms with Crippen molar-refractivity contribution in [2.24, 2.45) is 11.8 Å². The van der Waals surface area contributed by atoms with Crippen LogP contribution in [0.3, 0.4) is 0 Å². The molecule has 1 aromatic carbocycles. The summed E-state index contributed by atoms with van der Waals surface area (Å²) in [6.07, 6.45) is 0.367. The zero-order chi connectivity index (χ0) is 14.2. The largest absolute Gasteiger partial charge is 0.375 e. The monoisotopic (exact) mass is 265 g/mol. The molecule has 1 saturated heterocycles. The molecule has 2 nitrogen and oxygen atoms in total. The Hall–Kier alpha value is -0.930. The van der Waals surface area contributed by atoms with E-state index in [1.165, 1.54) is 0 Å². The fourth-order valence-corrected chi connectivity index (χ4v) is 3.33. The lowest BCUT2D eigenvalue weighted by atomic mass is 9.80. The van der Waals surface area contributed by atoms with Crippen molar-refractivity contribution < 1.29 is 9.13 Å². The van der Waals surface area contributed by atoms with Gasteiger partial charge in [-0.05, 0) is 39.8 Å². The molecule has 1 heterocycles. The van der Waals surface area contributed by atoms with Crippen molar-refractivity contribution in [1.29, 1.82) is 0 Å². The fourth-order valence-electron chi connectivity index (χ4n) is 3.33. The second kappa shape index (κ2) is 5.59. The van der Waals surface area contributed by atoms with E-state index < -0.39 is 0 Å². The maximum Gasteiger partial charge on any atom is 0.128 e. The minimum Gasteiger partial charge on any atom is -0.375 e. The standard InChI is InChI=1S/C16H24FNO/c1-9-6-7-14(17)13(8-9)16(18-5)15-10(2)11(3)19-12(15)4/h6-8,10-12,15-16,18H,1-5H3. The summed E-state index contributed by atoms with van der Waals surface area (Å²) in [4.78, 5) is 0. The highest BCUT2D eigenvalue weighted by atomic mass is 19.1. The highest BCUT2D eigenvalue weighted by Crippen LogP contribution is 2.41. The van der Waals surface area contributed by atoms with E-state index in [4.69, 9.17) is 4.74 Å². The average Bonchev–Trinajstić information content (AvgIpc) is 2.61. The maximum atomic E-state index is 14.1. The van der Waals surface area contributed by atoms with Gasteiger partial charge in [-0.1, -0.05) is 24.6 Å². The molecule has 0 spiro atoms. The predicted octanol–water partition coefficient (Wildman–Crippen LogP) is 3.45. The molecule has 19 heavy (non-hydrogen) atoms. The molecule has 1 aromatic rings. The van der Waals surface area contributed by atoms with E-state index in [-0.39, 0.29) is 30.0 Å². The van der Waals surface area contributed by atoms with Gasteiger partial charge in [0.25, 0.3) is 0 Å². The number of benzene rings is 1. The van der Waals surface area contributed by atoms with Gasteiger partial charge >= 0.3 is 0 Å². The first kappa shape index (κ1) is 14.5. The van der Waals surface area contributed by atoms with Crippen LogP contribution in [0.4, 0.5) is 4.39 Å². The number of ether oxygens (including phenoxy) is 1. The molecule has 0 bridgehead atoms. The second-order valence-electron chi connectivity index (χ2n) is 5.77. The lowest BCUT2D eigenvalue weighted by molar-refractivity contribution is 0.0477. The van der Waals surface area contributed by atoms with Crippen molar-refractivity contribution in [1.82, 2.24) is 5.32 Å². The van der Waals surface area contributed by atoms with E-state index in [2.05, 4.69) is 26.1 Å². The molecule has 3 heteroatoms. The van der Waals surface area contributed by atoms with E-state index >= 15 is 0 Å². The maximum absolute atomic E-state index is 14.1. The Kier molecular flexibility index (Phi) is 4.26. The molecular weight excluding hydrogens is 241 g/mol. The summed E-state index contributed by atoms with van der Waals surface area (Å²) in [5.74, 6) is 0.563. The van der Waals surface area contributed by atoms with Crippen LogP contribution in [0.5, 0.6) is 0 Å². The lowest BCUT2D eigenvalue weighted by Gasteiger charge is -2.29. The van der Waals surface area contributed by atoms with E-state index in [0.717, 1.165) is 11.1 Å².